The zero-order valence-corrected chi connectivity index (χ0v) is 17.1. The fourth-order valence-electron chi connectivity index (χ4n) is 4.30. The highest BCUT2D eigenvalue weighted by molar-refractivity contribution is 5.83. The highest BCUT2D eigenvalue weighted by Gasteiger charge is 2.30. The predicted molar refractivity (Wildman–Crippen MR) is 114 cm³/mol. The lowest BCUT2D eigenvalue weighted by Crippen LogP contribution is -2.47. The average molecular weight is 397 g/mol. The number of nitrogens with one attached hydrogen (secondary N) is 2. The Morgan fingerprint density at radius 2 is 2.14 bits per heavy atom. The molecule has 154 valence electrons. The molecule has 0 saturated carbocycles. The van der Waals surface area contributed by atoms with Crippen molar-refractivity contribution in [1.82, 2.24) is 10.3 Å². The summed E-state index contributed by atoms with van der Waals surface area (Å²) in [7, 11) is 1.71. The summed E-state index contributed by atoms with van der Waals surface area (Å²) in [6.07, 6.45) is 7.12. The van der Waals surface area contributed by atoms with Gasteiger partial charge < -0.3 is 19.8 Å². The molecular weight excluding hydrogens is 367 g/mol. The van der Waals surface area contributed by atoms with E-state index in [-0.39, 0.29) is 18.0 Å². The van der Waals surface area contributed by atoms with Crippen LogP contribution in [0, 0.1) is 5.82 Å². The minimum absolute atomic E-state index is 0.172. The van der Waals surface area contributed by atoms with Crippen molar-refractivity contribution in [1.29, 1.82) is 0 Å². The summed E-state index contributed by atoms with van der Waals surface area (Å²) in [6, 6.07) is 11.2. The third-order valence-corrected chi connectivity index (χ3v) is 5.87. The molecular formula is C24H29FN2O2. The van der Waals surface area contributed by atoms with E-state index >= 15 is 0 Å². The normalized spacial score (nSPS) is 18.4. The van der Waals surface area contributed by atoms with Crippen LogP contribution in [0.4, 0.5) is 4.39 Å². The molecule has 1 aliphatic heterocycles. The molecule has 2 heterocycles. The van der Waals surface area contributed by atoms with Gasteiger partial charge in [-0.05, 0) is 74.5 Å². The summed E-state index contributed by atoms with van der Waals surface area (Å²) >= 11 is 0. The van der Waals surface area contributed by atoms with Crippen LogP contribution in [0.3, 0.4) is 0 Å². The fourth-order valence-corrected chi connectivity index (χ4v) is 4.30. The van der Waals surface area contributed by atoms with E-state index in [4.69, 9.17) is 9.47 Å². The number of benzene rings is 2. The number of aryl methyl sites for hydroxylation is 1. The first-order valence-corrected chi connectivity index (χ1v) is 10.5. The topological polar surface area (TPSA) is 46.3 Å². The minimum atomic E-state index is -0.182. The van der Waals surface area contributed by atoms with E-state index in [1.807, 2.05) is 24.4 Å². The van der Waals surface area contributed by atoms with Gasteiger partial charge in [-0.1, -0.05) is 13.0 Å². The Kier molecular flexibility index (Phi) is 6.05. The Bertz CT molecular complexity index is 969. The van der Waals surface area contributed by atoms with Gasteiger partial charge in [-0.3, -0.25) is 0 Å². The van der Waals surface area contributed by atoms with Crippen LogP contribution in [0.2, 0.25) is 0 Å². The largest absolute Gasteiger partial charge is 0.496 e. The first-order valence-electron chi connectivity index (χ1n) is 10.5. The highest BCUT2D eigenvalue weighted by Crippen LogP contribution is 2.35. The molecule has 2 unspecified atom stereocenters. The number of unbranched alkanes of at least 4 members (excludes halogenated alkanes) is 1. The standard InChI is InChI=1S/C24H29FN2O2/c1-3-22-21(14-19-23(28-2)8-6-9-24(19)29-22)26-12-5-4-7-16-15-27-20-11-10-17(25)13-18(16)20/h6,8-11,13,15,21-22,26-27H,3-5,7,12,14H2,1-2H3. The maximum Gasteiger partial charge on any atom is 0.126 e. The van der Waals surface area contributed by atoms with Crippen LogP contribution in [0.15, 0.2) is 42.6 Å². The van der Waals surface area contributed by atoms with Crippen molar-refractivity contribution in [3.63, 3.8) is 0 Å². The molecule has 0 radical (unpaired) electrons. The number of fused-ring (bicyclic) bond motifs is 2. The Hall–Kier alpha value is -2.53. The summed E-state index contributed by atoms with van der Waals surface area (Å²) in [5, 5.41) is 4.69. The first-order chi connectivity index (χ1) is 14.2. The highest BCUT2D eigenvalue weighted by atomic mass is 19.1. The van der Waals surface area contributed by atoms with E-state index in [1.165, 1.54) is 11.6 Å². The van der Waals surface area contributed by atoms with Gasteiger partial charge in [0.15, 0.2) is 0 Å². The van der Waals surface area contributed by atoms with E-state index < -0.39 is 0 Å². The molecule has 4 rings (SSSR count). The maximum absolute atomic E-state index is 13.5. The SMILES string of the molecule is CCC1Oc2cccc(OC)c2CC1NCCCCc1c[nH]c2ccc(F)cc12. The van der Waals surface area contributed by atoms with E-state index in [0.717, 1.165) is 66.6 Å². The van der Waals surface area contributed by atoms with Gasteiger partial charge in [0.1, 0.15) is 23.4 Å². The third-order valence-electron chi connectivity index (χ3n) is 5.87. The van der Waals surface area contributed by atoms with Gasteiger partial charge in [0, 0.05) is 28.7 Å². The van der Waals surface area contributed by atoms with Crippen LogP contribution in [0.5, 0.6) is 11.5 Å². The van der Waals surface area contributed by atoms with E-state index in [1.54, 1.807) is 19.2 Å². The molecule has 2 atom stereocenters. The number of hydrogen-bond acceptors (Lipinski definition) is 3. The number of halogens is 1. The molecule has 4 nitrogen and oxygen atoms in total. The molecule has 1 aromatic heterocycles. The zero-order chi connectivity index (χ0) is 20.2. The molecule has 3 aromatic rings. The summed E-state index contributed by atoms with van der Waals surface area (Å²) in [4.78, 5) is 3.23. The molecule has 0 bridgehead atoms. The summed E-state index contributed by atoms with van der Waals surface area (Å²) in [5.41, 5.74) is 3.33. The van der Waals surface area contributed by atoms with Crippen molar-refractivity contribution in [2.45, 2.75) is 51.2 Å². The van der Waals surface area contributed by atoms with Gasteiger partial charge in [-0.15, -0.1) is 0 Å². The Morgan fingerprint density at radius 3 is 2.97 bits per heavy atom. The fraction of sp³-hybridized carbons (Fsp3) is 0.417. The summed E-state index contributed by atoms with van der Waals surface area (Å²) in [5.74, 6) is 1.66. The van der Waals surface area contributed by atoms with Crippen LogP contribution in [0.1, 0.15) is 37.3 Å². The molecule has 29 heavy (non-hydrogen) atoms. The number of ether oxygens (including phenoxy) is 2. The number of rotatable bonds is 8. The van der Waals surface area contributed by atoms with Gasteiger partial charge in [0.05, 0.1) is 7.11 Å². The van der Waals surface area contributed by atoms with Crippen LogP contribution >= 0.6 is 0 Å². The Morgan fingerprint density at radius 1 is 1.24 bits per heavy atom. The van der Waals surface area contributed by atoms with Crippen molar-refractivity contribution in [2.24, 2.45) is 0 Å². The van der Waals surface area contributed by atoms with Crippen molar-refractivity contribution in [3.05, 3.63) is 59.5 Å². The second kappa shape index (κ2) is 8.87. The quantitative estimate of drug-likeness (QED) is 0.526. The number of hydrogen-bond donors (Lipinski definition) is 2. The summed E-state index contributed by atoms with van der Waals surface area (Å²) < 4.78 is 25.3. The number of methoxy groups -OCH3 is 1. The molecule has 5 heteroatoms. The second-order valence-corrected chi connectivity index (χ2v) is 7.73. The zero-order valence-electron chi connectivity index (χ0n) is 17.1. The lowest BCUT2D eigenvalue weighted by Gasteiger charge is -2.34. The third kappa shape index (κ3) is 4.25. The van der Waals surface area contributed by atoms with Gasteiger partial charge in [0.25, 0.3) is 0 Å². The van der Waals surface area contributed by atoms with Crippen LogP contribution < -0.4 is 14.8 Å². The van der Waals surface area contributed by atoms with Gasteiger partial charge in [-0.25, -0.2) is 4.39 Å². The number of aromatic amines is 1. The minimum Gasteiger partial charge on any atom is -0.496 e. The molecule has 0 aliphatic carbocycles. The van der Waals surface area contributed by atoms with Crippen molar-refractivity contribution in [3.8, 4) is 11.5 Å². The molecule has 2 N–H and O–H groups in total. The van der Waals surface area contributed by atoms with Crippen LogP contribution in [-0.2, 0) is 12.8 Å². The lowest BCUT2D eigenvalue weighted by atomic mass is 9.94. The maximum atomic E-state index is 13.5. The molecule has 1 aliphatic rings. The van der Waals surface area contributed by atoms with Gasteiger partial charge in [-0.2, -0.15) is 0 Å². The van der Waals surface area contributed by atoms with Gasteiger partial charge >= 0.3 is 0 Å². The van der Waals surface area contributed by atoms with Crippen molar-refractivity contribution >= 4 is 10.9 Å². The first kappa shape index (κ1) is 19.8. The smallest absolute Gasteiger partial charge is 0.126 e. The van der Waals surface area contributed by atoms with E-state index in [9.17, 15) is 4.39 Å². The molecule has 0 amide bonds. The van der Waals surface area contributed by atoms with Crippen molar-refractivity contribution in [2.75, 3.05) is 13.7 Å². The molecule has 0 saturated heterocycles. The molecule has 2 aromatic carbocycles. The monoisotopic (exact) mass is 396 g/mol. The molecule has 0 spiro atoms. The average Bonchev–Trinajstić information content (AvgIpc) is 3.14. The van der Waals surface area contributed by atoms with Gasteiger partial charge in [0.2, 0.25) is 0 Å². The van der Waals surface area contributed by atoms with Crippen LogP contribution in [-0.4, -0.2) is 30.8 Å². The van der Waals surface area contributed by atoms with E-state index in [2.05, 4.69) is 17.2 Å². The lowest BCUT2D eigenvalue weighted by molar-refractivity contribution is 0.127. The molecule has 0 fully saturated rings. The Labute approximate surface area is 171 Å². The van der Waals surface area contributed by atoms with E-state index in [0.29, 0.717) is 0 Å². The second-order valence-electron chi connectivity index (χ2n) is 7.73. The Balaban J connectivity index is 1.31. The predicted octanol–water partition coefficient (Wildman–Crippen LogP) is 5.01. The number of aromatic nitrogens is 1. The summed E-state index contributed by atoms with van der Waals surface area (Å²) in [6.45, 7) is 3.10. The van der Waals surface area contributed by atoms with Crippen molar-refractivity contribution < 1.29 is 13.9 Å². The number of H-pyrrole nitrogens is 1. The van der Waals surface area contributed by atoms with Crippen LogP contribution in [0.25, 0.3) is 10.9 Å².